The summed E-state index contributed by atoms with van der Waals surface area (Å²) in [6.45, 7) is 4.40. The number of anilines is 1. The highest BCUT2D eigenvalue weighted by Gasteiger charge is 2.20. The van der Waals surface area contributed by atoms with Gasteiger partial charge in [-0.05, 0) is 36.8 Å². The Bertz CT molecular complexity index is 961. The van der Waals surface area contributed by atoms with E-state index in [4.69, 9.17) is 4.42 Å². The van der Waals surface area contributed by atoms with E-state index in [0.717, 1.165) is 30.6 Å². The Morgan fingerprint density at radius 3 is 2.71 bits per heavy atom. The molecule has 2 aromatic carbocycles. The summed E-state index contributed by atoms with van der Waals surface area (Å²) in [5.41, 5.74) is 2.28. The van der Waals surface area contributed by atoms with Crippen LogP contribution in [0.4, 0.5) is 5.69 Å². The highest BCUT2D eigenvalue weighted by molar-refractivity contribution is 6.04. The molecule has 1 unspecified atom stereocenters. The summed E-state index contributed by atoms with van der Waals surface area (Å²) < 4.78 is 5.59. The van der Waals surface area contributed by atoms with Crippen LogP contribution >= 0.6 is 0 Å². The molecule has 1 aliphatic rings. The van der Waals surface area contributed by atoms with Crippen LogP contribution in [0, 0.1) is 0 Å². The highest BCUT2D eigenvalue weighted by atomic mass is 16.3. The largest absolute Gasteiger partial charge is 0.451 e. The first-order chi connectivity index (χ1) is 13.6. The van der Waals surface area contributed by atoms with E-state index in [-0.39, 0.29) is 17.6 Å². The molecule has 0 aliphatic carbocycles. The van der Waals surface area contributed by atoms with Crippen LogP contribution in [-0.2, 0) is 11.2 Å². The molecule has 28 heavy (non-hydrogen) atoms. The number of rotatable bonds is 4. The third-order valence-electron chi connectivity index (χ3n) is 4.94. The van der Waals surface area contributed by atoms with Crippen molar-refractivity contribution in [1.82, 2.24) is 10.2 Å². The van der Waals surface area contributed by atoms with Gasteiger partial charge in [-0.15, -0.1) is 0 Å². The molecule has 0 bridgehead atoms. The van der Waals surface area contributed by atoms with E-state index < -0.39 is 0 Å². The SMILES string of the molecule is CC1CN(C(=O)Cc2ccc(NC(=O)c3cc4ccccc4o3)cc2)CCN1. The van der Waals surface area contributed by atoms with Gasteiger partial charge >= 0.3 is 0 Å². The minimum atomic E-state index is -0.296. The van der Waals surface area contributed by atoms with Crippen molar-refractivity contribution in [2.24, 2.45) is 0 Å². The average molecular weight is 377 g/mol. The van der Waals surface area contributed by atoms with E-state index in [1.165, 1.54) is 0 Å². The smallest absolute Gasteiger partial charge is 0.291 e. The monoisotopic (exact) mass is 377 g/mol. The number of hydrogen-bond acceptors (Lipinski definition) is 4. The molecule has 1 aliphatic heterocycles. The van der Waals surface area contributed by atoms with Crippen LogP contribution in [-0.4, -0.2) is 42.4 Å². The van der Waals surface area contributed by atoms with Crippen molar-refractivity contribution in [3.63, 3.8) is 0 Å². The van der Waals surface area contributed by atoms with Gasteiger partial charge in [-0.1, -0.05) is 30.3 Å². The maximum atomic E-state index is 12.5. The number of carbonyl (C=O) groups is 2. The van der Waals surface area contributed by atoms with Crippen LogP contribution in [0.2, 0.25) is 0 Å². The van der Waals surface area contributed by atoms with E-state index in [2.05, 4.69) is 17.6 Å². The molecule has 2 N–H and O–H groups in total. The fourth-order valence-electron chi connectivity index (χ4n) is 3.44. The Labute approximate surface area is 163 Å². The number of piperazine rings is 1. The van der Waals surface area contributed by atoms with Gasteiger partial charge in [-0.2, -0.15) is 0 Å². The van der Waals surface area contributed by atoms with Crippen molar-refractivity contribution in [3.8, 4) is 0 Å². The average Bonchev–Trinajstić information content (AvgIpc) is 3.14. The quantitative estimate of drug-likeness (QED) is 0.733. The van der Waals surface area contributed by atoms with Crippen molar-refractivity contribution in [2.45, 2.75) is 19.4 Å². The molecule has 0 spiro atoms. The minimum absolute atomic E-state index is 0.132. The molecule has 0 saturated carbocycles. The second-order valence-electron chi connectivity index (χ2n) is 7.17. The summed E-state index contributed by atoms with van der Waals surface area (Å²) in [6, 6.07) is 16.9. The molecule has 3 aromatic rings. The van der Waals surface area contributed by atoms with E-state index in [0.29, 0.717) is 23.7 Å². The summed E-state index contributed by atoms with van der Waals surface area (Å²) in [7, 11) is 0. The van der Waals surface area contributed by atoms with Crippen LogP contribution in [0.1, 0.15) is 23.0 Å². The second-order valence-corrected chi connectivity index (χ2v) is 7.17. The molecule has 4 rings (SSSR count). The van der Waals surface area contributed by atoms with E-state index in [1.54, 1.807) is 6.07 Å². The number of fused-ring (bicyclic) bond motifs is 1. The molecule has 2 heterocycles. The second kappa shape index (κ2) is 7.86. The lowest BCUT2D eigenvalue weighted by atomic mass is 10.1. The molecule has 144 valence electrons. The zero-order valence-corrected chi connectivity index (χ0v) is 15.8. The molecule has 6 heteroatoms. The van der Waals surface area contributed by atoms with Crippen molar-refractivity contribution in [3.05, 3.63) is 65.9 Å². The van der Waals surface area contributed by atoms with E-state index in [1.807, 2.05) is 53.4 Å². The fraction of sp³-hybridized carbons (Fsp3) is 0.273. The van der Waals surface area contributed by atoms with Crippen LogP contribution in [0.5, 0.6) is 0 Å². The Morgan fingerprint density at radius 2 is 1.96 bits per heavy atom. The molecular weight excluding hydrogens is 354 g/mol. The number of nitrogens with one attached hydrogen (secondary N) is 2. The molecule has 1 aromatic heterocycles. The van der Waals surface area contributed by atoms with Crippen molar-refractivity contribution in [1.29, 1.82) is 0 Å². The Morgan fingerprint density at radius 1 is 1.18 bits per heavy atom. The maximum Gasteiger partial charge on any atom is 0.291 e. The van der Waals surface area contributed by atoms with Crippen LogP contribution in [0.25, 0.3) is 11.0 Å². The van der Waals surface area contributed by atoms with Gasteiger partial charge in [0.2, 0.25) is 5.91 Å². The van der Waals surface area contributed by atoms with Gasteiger partial charge in [-0.25, -0.2) is 0 Å². The molecule has 6 nitrogen and oxygen atoms in total. The third-order valence-corrected chi connectivity index (χ3v) is 4.94. The number of hydrogen-bond donors (Lipinski definition) is 2. The Kier molecular flexibility index (Phi) is 5.12. The zero-order valence-electron chi connectivity index (χ0n) is 15.8. The number of benzene rings is 2. The van der Waals surface area contributed by atoms with Gasteiger partial charge in [0.25, 0.3) is 5.91 Å². The maximum absolute atomic E-state index is 12.5. The summed E-state index contributed by atoms with van der Waals surface area (Å²) in [4.78, 5) is 26.8. The predicted molar refractivity (Wildman–Crippen MR) is 108 cm³/mol. The van der Waals surface area contributed by atoms with E-state index >= 15 is 0 Å². The standard InChI is InChI=1S/C22H23N3O3/c1-15-14-25(11-10-23-15)21(26)12-16-6-8-18(9-7-16)24-22(27)20-13-17-4-2-3-5-19(17)28-20/h2-9,13,15,23H,10-12,14H2,1H3,(H,24,27). The number of amides is 2. The van der Waals surface area contributed by atoms with Crippen LogP contribution in [0.15, 0.2) is 59.0 Å². The van der Waals surface area contributed by atoms with Gasteiger partial charge < -0.3 is 20.0 Å². The molecule has 0 radical (unpaired) electrons. The molecule has 1 fully saturated rings. The summed E-state index contributed by atoms with van der Waals surface area (Å²) >= 11 is 0. The first-order valence-corrected chi connectivity index (χ1v) is 9.48. The lowest BCUT2D eigenvalue weighted by Crippen LogP contribution is -2.51. The van der Waals surface area contributed by atoms with Gasteiger partial charge in [0.15, 0.2) is 5.76 Å². The first kappa shape index (κ1) is 18.3. The molecular formula is C22H23N3O3. The number of carbonyl (C=O) groups excluding carboxylic acids is 2. The molecule has 1 saturated heterocycles. The first-order valence-electron chi connectivity index (χ1n) is 9.48. The number of furan rings is 1. The highest BCUT2D eigenvalue weighted by Crippen LogP contribution is 2.20. The molecule has 1 atom stereocenters. The lowest BCUT2D eigenvalue weighted by Gasteiger charge is -2.32. The Hall–Kier alpha value is -3.12. The fourth-order valence-corrected chi connectivity index (χ4v) is 3.44. The van der Waals surface area contributed by atoms with Gasteiger partial charge in [0.1, 0.15) is 5.58 Å². The van der Waals surface area contributed by atoms with Crippen molar-refractivity contribution in [2.75, 3.05) is 25.0 Å². The normalized spacial score (nSPS) is 16.9. The summed E-state index contributed by atoms with van der Waals surface area (Å²) in [5, 5.41) is 7.06. The zero-order chi connectivity index (χ0) is 19.5. The Balaban J connectivity index is 1.37. The summed E-state index contributed by atoms with van der Waals surface area (Å²) in [6.07, 6.45) is 0.366. The van der Waals surface area contributed by atoms with Gasteiger partial charge in [0.05, 0.1) is 6.42 Å². The van der Waals surface area contributed by atoms with Gasteiger partial charge in [0, 0.05) is 36.7 Å². The number of para-hydroxylation sites is 1. The predicted octanol–water partition coefficient (Wildman–Crippen LogP) is 3.05. The number of nitrogens with zero attached hydrogens (tertiary/aromatic N) is 1. The third kappa shape index (κ3) is 4.07. The van der Waals surface area contributed by atoms with Crippen molar-refractivity contribution >= 4 is 28.5 Å². The topological polar surface area (TPSA) is 74.6 Å². The van der Waals surface area contributed by atoms with Crippen LogP contribution in [0.3, 0.4) is 0 Å². The summed E-state index contributed by atoms with van der Waals surface area (Å²) in [5.74, 6) is 0.107. The van der Waals surface area contributed by atoms with Crippen molar-refractivity contribution < 1.29 is 14.0 Å². The van der Waals surface area contributed by atoms with Crippen LogP contribution < -0.4 is 10.6 Å². The minimum Gasteiger partial charge on any atom is -0.451 e. The van der Waals surface area contributed by atoms with E-state index in [9.17, 15) is 9.59 Å². The molecule has 2 amide bonds. The van der Waals surface area contributed by atoms with Gasteiger partial charge in [-0.3, -0.25) is 9.59 Å². The lowest BCUT2D eigenvalue weighted by molar-refractivity contribution is -0.131.